The van der Waals surface area contributed by atoms with E-state index in [1.165, 1.54) is 11.3 Å². The number of benzene rings is 1. The lowest BCUT2D eigenvalue weighted by Gasteiger charge is -2.39. The smallest absolute Gasteiger partial charge is 0.242 e. The Hall–Kier alpha value is -3.47. The van der Waals surface area contributed by atoms with Gasteiger partial charge in [-0.05, 0) is 43.7 Å². The van der Waals surface area contributed by atoms with Crippen LogP contribution in [-0.4, -0.2) is 159 Å². The molecule has 8 unspecified atom stereocenters. The second-order valence-corrected chi connectivity index (χ2v) is 17.7. The van der Waals surface area contributed by atoms with Gasteiger partial charge in [-0.1, -0.05) is 71.4 Å². The van der Waals surface area contributed by atoms with E-state index >= 15 is 0 Å². The molecule has 2 fully saturated rings. The summed E-state index contributed by atoms with van der Waals surface area (Å²) >= 11 is 1.51. The van der Waals surface area contributed by atoms with Gasteiger partial charge in [0.1, 0.15) is 5.01 Å². The molecule has 59 heavy (non-hydrogen) atoms. The zero-order valence-electron chi connectivity index (χ0n) is 37.0. The average molecular weight is 841 g/mol. The summed E-state index contributed by atoms with van der Waals surface area (Å²) in [5, 5.41) is 12.3. The van der Waals surface area contributed by atoms with Gasteiger partial charge < -0.3 is 35.2 Å². The quantitative estimate of drug-likeness (QED) is 0.152. The first kappa shape index (κ1) is 48.2. The molecule has 3 heterocycles. The van der Waals surface area contributed by atoms with Gasteiger partial charge in [0, 0.05) is 78.7 Å². The standard InChI is InChI=1S/C44H72N8O6S/c1-10-31(4)40(50(7)38(54)29-47-43(56)39(30(2)3)49(6)24-25-51-22-18-45-19-23-51)36(57-8)28-37(53)52-21-14-17-35(52)41(58-9)32(5)42(55)48-34(44-46-20-26-59-44)27-33-15-12-11-13-16-33/h11-13,15-16,20,26,30-32,34-36,39-41,45H,10,14,17-19,21-25,27-29H2,1-9H3,(H,47,56)(H,48,55). The van der Waals surface area contributed by atoms with E-state index in [0.717, 1.165) is 62.7 Å². The predicted octanol–water partition coefficient (Wildman–Crippen LogP) is 3.44. The summed E-state index contributed by atoms with van der Waals surface area (Å²) in [7, 11) is 6.89. The van der Waals surface area contributed by atoms with E-state index in [-0.39, 0.29) is 66.6 Å². The summed E-state index contributed by atoms with van der Waals surface area (Å²) in [5.74, 6) is -1.18. The molecule has 2 aromatic rings. The van der Waals surface area contributed by atoms with Gasteiger partial charge in [-0.2, -0.15) is 0 Å². The van der Waals surface area contributed by atoms with Crippen LogP contribution in [0.2, 0.25) is 0 Å². The number of amides is 4. The first-order valence-corrected chi connectivity index (χ1v) is 22.4. The molecule has 0 radical (unpaired) electrons. The maximum absolute atomic E-state index is 14.3. The topological polar surface area (TPSA) is 149 Å². The number of rotatable bonds is 23. The third-order valence-corrected chi connectivity index (χ3v) is 13.3. The van der Waals surface area contributed by atoms with E-state index in [4.69, 9.17) is 9.47 Å². The van der Waals surface area contributed by atoms with Crippen molar-refractivity contribution in [3.8, 4) is 0 Å². The molecule has 1 aromatic heterocycles. The van der Waals surface area contributed by atoms with Crippen molar-refractivity contribution in [2.24, 2.45) is 17.8 Å². The third kappa shape index (κ3) is 13.5. The highest BCUT2D eigenvalue weighted by atomic mass is 32.1. The van der Waals surface area contributed by atoms with Crippen LogP contribution in [0.5, 0.6) is 0 Å². The molecule has 3 N–H and O–H groups in total. The SMILES string of the molecule is CCC(C)C(C(CC(=O)N1CCCC1C(OC)C(C)C(=O)NC(Cc1ccccc1)c1nccs1)OC)N(C)C(=O)CNC(=O)C(C(C)C)N(C)CCN1CCNCC1. The number of carbonyl (C=O) groups excluding carboxylic acids is 4. The summed E-state index contributed by atoms with van der Waals surface area (Å²) in [4.78, 5) is 68.1. The Labute approximate surface area is 357 Å². The van der Waals surface area contributed by atoms with Crippen molar-refractivity contribution in [1.29, 1.82) is 0 Å². The highest BCUT2D eigenvalue weighted by Gasteiger charge is 2.42. The van der Waals surface area contributed by atoms with Crippen LogP contribution in [0.3, 0.4) is 0 Å². The Morgan fingerprint density at radius 2 is 1.71 bits per heavy atom. The molecule has 2 saturated heterocycles. The van der Waals surface area contributed by atoms with Crippen LogP contribution < -0.4 is 16.0 Å². The number of nitrogens with zero attached hydrogens (tertiary/aromatic N) is 5. The molecule has 2 aliphatic heterocycles. The predicted molar refractivity (Wildman–Crippen MR) is 233 cm³/mol. The molecule has 15 heteroatoms. The summed E-state index contributed by atoms with van der Waals surface area (Å²) in [5.41, 5.74) is 1.09. The first-order valence-electron chi connectivity index (χ1n) is 21.6. The first-order chi connectivity index (χ1) is 28.3. The van der Waals surface area contributed by atoms with E-state index in [0.29, 0.717) is 19.4 Å². The molecule has 4 amide bonds. The number of likely N-dealkylation sites (tertiary alicyclic amines) is 1. The summed E-state index contributed by atoms with van der Waals surface area (Å²) in [6, 6.07) is 8.62. The normalized spacial score (nSPS) is 19.8. The van der Waals surface area contributed by atoms with Crippen LogP contribution >= 0.6 is 11.3 Å². The molecule has 0 aliphatic carbocycles. The van der Waals surface area contributed by atoms with Crippen molar-refractivity contribution in [3.05, 3.63) is 52.5 Å². The maximum atomic E-state index is 14.3. The van der Waals surface area contributed by atoms with Crippen molar-refractivity contribution in [3.63, 3.8) is 0 Å². The van der Waals surface area contributed by atoms with Crippen LogP contribution in [0.25, 0.3) is 0 Å². The molecule has 0 spiro atoms. The van der Waals surface area contributed by atoms with Crippen molar-refractivity contribution < 1.29 is 28.7 Å². The van der Waals surface area contributed by atoms with Gasteiger partial charge in [0.05, 0.1) is 55.3 Å². The number of hydrogen-bond donors (Lipinski definition) is 3. The van der Waals surface area contributed by atoms with Crippen LogP contribution in [0.15, 0.2) is 41.9 Å². The Morgan fingerprint density at radius 1 is 1.00 bits per heavy atom. The van der Waals surface area contributed by atoms with Crippen LogP contribution in [-0.2, 0) is 35.1 Å². The number of likely N-dealkylation sites (N-methyl/N-ethyl adjacent to an activating group) is 2. The number of methoxy groups -OCH3 is 2. The van der Waals surface area contributed by atoms with Gasteiger partial charge >= 0.3 is 0 Å². The van der Waals surface area contributed by atoms with Gasteiger partial charge in [0.15, 0.2) is 0 Å². The number of hydrogen-bond acceptors (Lipinski definition) is 11. The minimum absolute atomic E-state index is 0.00317. The minimum atomic E-state index is -0.596. The van der Waals surface area contributed by atoms with Crippen LogP contribution in [0.4, 0.5) is 0 Å². The van der Waals surface area contributed by atoms with Crippen molar-refractivity contribution in [2.45, 2.75) is 103 Å². The van der Waals surface area contributed by atoms with Gasteiger partial charge in [-0.15, -0.1) is 11.3 Å². The highest BCUT2D eigenvalue weighted by Crippen LogP contribution is 2.30. The molecule has 0 bridgehead atoms. The Morgan fingerprint density at radius 3 is 2.32 bits per heavy atom. The molecule has 4 rings (SSSR count). The summed E-state index contributed by atoms with van der Waals surface area (Å²) < 4.78 is 12.1. The molecule has 330 valence electrons. The van der Waals surface area contributed by atoms with Gasteiger partial charge in [0.2, 0.25) is 23.6 Å². The fourth-order valence-electron chi connectivity index (χ4n) is 8.86. The number of nitrogens with one attached hydrogen (secondary N) is 3. The maximum Gasteiger partial charge on any atom is 0.242 e. The van der Waals surface area contributed by atoms with E-state index in [9.17, 15) is 19.2 Å². The van der Waals surface area contributed by atoms with Crippen molar-refractivity contribution in [1.82, 2.24) is 40.5 Å². The van der Waals surface area contributed by atoms with E-state index in [1.807, 2.05) is 68.4 Å². The van der Waals surface area contributed by atoms with Crippen molar-refractivity contribution in [2.75, 3.05) is 80.7 Å². The van der Waals surface area contributed by atoms with Crippen molar-refractivity contribution >= 4 is 35.0 Å². The Bertz CT molecular complexity index is 1580. The number of piperazine rings is 1. The third-order valence-electron chi connectivity index (χ3n) is 12.4. The number of ether oxygens (including phenoxy) is 2. The Balaban J connectivity index is 1.39. The monoisotopic (exact) mass is 841 g/mol. The zero-order chi connectivity index (χ0) is 43.1. The largest absolute Gasteiger partial charge is 0.379 e. The highest BCUT2D eigenvalue weighted by molar-refractivity contribution is 7.09. The van der Waals surface area contributed by atoms with Gasteiger partial charge in [0.25, 0.3) is 0 Å². The van der Waals surface area contributed by atoms with E-state index < -0.39 is 24.2 Å². The fraction of sp³-hybridized carbons (Fsp3) is 0.705. The van der Waals surface area contributed by atoms with Gasteiger partial charge in [-0.25, -0.2) is 4.98 Å². The Kier molecular flexibility index (Phi) is 19.7. The number of thiazole rings is 1. The lowest BCUT2D eigenvalue weighted by atomic mass is 9.90. The number of aromatic nitrogens is 1. The fourth-order valence-corrected chi connectivity index (χ4v) is 9.55. The minimum Gasteiger partial charge on any atom is -0.379 e. The summed E-state index contributed by atoms with van der Waals surface area (Å²) in [6.45, 7) is 16.0. The summed E-state index contributed by atoms with van der Waals surface area (Å²) in [6.07, 6.45) is 3.52. The molecule has 0 saturated carbocycles. The van der Waals surface area contributed by atoms with Crippen LogP contribution in [0.1, 0.15) is 76.9 Å². The number of carbonyl (C=O) groups is 4. The molecule has 2 aliphatic rings. The molecule has 1 aromatic carbocycles. The average Bonchev–Trinajstić information content (AvgIpc) is 3.96. The lowest BCUT2D eigenvalue weighted by Crippen LogP contribution is -2.56. The molecular formula is C44H72N8O6S. The van der Waals surface area contributed by atoms with Gasteiger partial charge in [-0.3, -0.25) is 29.0 Å². The van der Waals surface area contributed by atoms with E-state index in [1.54, 1.807) is 32.4 Å². The second kappa shape index (κ2) is 24.1. The van der Waals surface area contributed by atoms with E-state index in [2.05, 4.69) is 44.6 Å². The molecule has 8 atom stereocenters. The molecule has 14 nitrogen and oxygen atoms in total. The lowest BCUT2D eigenvalue weighted by molar-refractivity contribution is -0.146. The molecular weight excluding hydrogens is 769 g/mol. The zero-order valence-corrected chi connectivity index (χ0v) is 37.8. The van der Waals surface area contributed by atoms with Crippen LogP contribution in [0, 0.1) is 17.8 Å². The second-order valence-electron chi connectivity index (χ2n) is 16.7.